The standard InChI is InChI=1S/C25H27N5O3/c1-17(18(2)31)30-21(26-23-22(30)24(32)27-25(33)28(23)3)16-29(14-19-10-6-4-7-11-19)15-20-12-8-5-9-13-20/h4-13,17H,14-16H2,1-3H3,(H,27,32,33)/t17-/m1/s1. The number of H-pyrrole nitrogens is 1. The van der Waals surface area contributed by atoms with Crippen molar-refractivity contribution in [3.05, 3.63) is 98.5 Å². The van der Waals surface area contributed by atoms with Gasteiger partial charge in [0.15, 0.2) is 16.9 Å². The van der Waals surface area contributed by atoms with Crippen molar-refractivity contribution in [1.82, 2.24) is 24.0 Å². The molecule has 170 valence electrons. The van der Waals surface area contributed by atoms with Gasteiger partial charge in [0.25, 0.3) is 5.56 Å². The molecule has 4 aromatic rings. The van der Waals surface area contributed by atoms with Gasteiger partial charge < -0.3 is 4.57 Å². The van der Waals surface area contributed by atoms with E-state index in [0.29, 0.717) is 25.5 Å². The summed E-state index contributed by atoms with van der Waals surface area (Å²) in [4.78, 5) is 46.4. The number of carbonyl (C=O) groups excluding carboxylic acids is 1. The predicted octanol–water partition coefficient (Wildman–Crippen LogP) is 2.78. The Bertz CT molecular complexity index is 1350. The molecular formula is C25H27N5O3. The quantitative estimate of drug-likeness (QED) is 0.450. The van der Waals surface area contributed by atoms with E-state index in [9.17, 15) is 14.4 Å². The Hall–Kier alpha value is -3.78. The number of imidazole rings is 1. The molecule has 0 bridgehead atoms. The maximum Gasteiger partial charge on any atom is 0.329 e. The van der Waals surface area contributed by atoms with E-state index in [-0.39, 0.29) is 16.9 Å². The van der Waals surface area contributed by atoms with Crippen LogP contribution in [0.3, 0.4) is 0 Å². The van der Waals surface area contributed by atoms with Crippen LogP contribution in [-0.4, -0.2) is 29.8 Å². The number of fused-ring (bicyclic) bond motifs is 1. The molecule has 2 aromatic carbocycles. The zero-order chi connectivity index (χ0) is 23.5. The van der Waals surface area contributed by atoms with E-state index in [1.54, 1.807) is 18.5 Å². The van der Waals surface area contributed by atoms with Gasteiger partial charge >= 0.3 is 5.69 Å². The first-order chi connectivity index (χ1) is 15.8. The zero-order valence-corrected chi connectivity index (χ0v) is 19.0. The molecule has 1 atom stereocenters. The van der Waals surface area contributed by atoms with Crippen molar-refractivity contribution in [2.24, 2.45) is 7.05 Å². The lowest BCUT2D eigenvalue weighted by Gasteiger charge is -2.24. The van der Waals surface area contributed by atoms with Gasteiger partial charge in [-0.15, -0.1) is 0 Å². The lowest BCUT2D eigenvalue weighted by Crippen LogP contribution is -2.30. The molecule has 0 amide bonds. The SMILES string of the molecule is CC(=O)[C@@H](C)n1c(CN(Cc2ccccc2)Cc2ccccc2)nc2c1c(=O)[nH]c(=O)n2C. The number of aromatic amines is 1. The van der Waals surface area contributed by atoms with E-state index in [1.165, 1.54) is 11.5 Å². The van der Waals surface area contributed by atoms with Gasteiger partial charge in [-0.3, -0.25) is 24.0 Å². The third-order valence-corrected chi connectivity index (χ3v) is 5.86. The summed E-state index contributed by atoms with van der Waals surface area (Å²) in [5.41, 5.74) is 1.70. The fourth-order valence-corrected chi connectivity index (χ4v) is 4.01. The Kier molecular flexibility index (Phi) is 6.37. The fraction of sp³-hybridized carbons (Fsp3) is 0.280. The second-order valence-electron chi connectivity index (χ2n) is 8.29. The molecule has 4 rings (SSSR count). The van der Waals surface area contributed by atoms with Gasteiger partial charge in [0.05, 0.1) is 12.6 Å². The van der Waals surface area contributed by atoms with Crippen LogP contribution in [0.25, 0.3) is 11.2 Å². The number of ketones is 1. The fourth-order valence-electron chi connectivity index (χ4n) is 4.01. The molecular weight excluding hydrogens is 418 g/mol. The third kappa shape index (κ3) is 4.70. The molecule has 1 N–H and O–H groups in total. The lowest BCUT2D eigenvalue weighted by atomic mass is 10.1. The number of nitrogens with one attached hydrogen (secondary N) is 1. The van der Waals surface area contributed by atoms with Crippen molar-refractivity contribution in [1.29, 1.82) is 0 Å². The molecule has 8 heteroatoms. The highest BCUT2D eigenvalue weighted by molar-refractivity contribution is 5.82. The summed E-state index contributed by atoms with van der Waals surface area (Å²) in [6.45, 7) is 4.94. The van der Waals surface area contributed by atoms with Crippen molar-refractivity contribution in [2.45, 2.75) is 39.5 Å². The van der Waals surface area contributed by atoms with Crippen molar-refractivity contribution < 1.29 is 4.79 Å². The van der Waals surface area contributed by atoms with Crippen LogP contribution in [0, 0.1) is 0 Å². The molecule has 0 aliphatic heterocycles. The van der Waals surface area contributed by atoms with Crippen molar-refractivity contribution in [2.75, 3.05) is 0 Å². The van der Waals surface area contributed by atoms with E-state index < -0.39 is 17.3 Å². The van der Waals surface area contributed by atoms with Gasteiger partial charge in [-0.2, -0.15) is 0 Å². The lowest BCUT2D eigenvalue weighted by molar-refractivity contribution is -0.119. The van der Waals surface area contributed by atoms with E-state index >= 15 is 0 Å². The Labute approximate surface area is 191 Å². The summed E-state index contributed by atoms with van der Waals surface area (Å²) >= 11 is 0. The van der Waals surface area contributed by atoms with E-state index in [4.69, 9.17) is 0 Å². The summed E-state index contributed by atoms with van der Waals surface area (Å²) in [6.07, 6.45) is 0. The van der Waals surface area contributed by atoms with Crippen LogP contribution in [0.5, 0.6) is 0 Å². The molecule has 0 saturated carbocycles. The van der Waals surface area contributed by atoms with Crippen LogP contribution < -0.4 is 11.2 Å². The Morgan fingerprint density at radius 3 is 2.03 bits per heavy atom. The number of hydrogen-bond acceptors (Lipinski definition) is 5. The minimum absolute atomic E-state index is 0.0959. The first kappa shape index (κ1) is 22.4. The van der Waals surface area contributed by atoms with Crippen LogP contribution in [0.2, 0.25) is 0 Å². The number of benzene rings is 2. The first-order valence-electron chi connectivity index (χ1n) is 10.9. The first-order valence-corrected chi connectivity index (χ1v) is 10.9. The summed E-state index contributed by atoms with van der Waals surface area (Å²) in [6, 6.07) is 19.6. The Morgan fingerprint density at radius 2 is 1.52 bits per heavy atom. The minimum atomic E-state index is -0.598. The number of rotatable bonds is 8. The summed E-state index contributed by atoms with van der Waals surface area (Å²) < 4.78 is 2.97. The minimum Gasteiger partial charge on any atom is -0.311 e. The van der Waals surface area contributed by atoms with Crippen molar-refractivity contribution in [3.8, 4) is 0 Å². The molecule has 2 heterocycles. The summed E-state index contributed by atoms with van der Waals surface area (Å²) in [7, 11) is 1.56. The third-order valence-electron chi connectivity index (χ3n) is 5.86. The van der Waals surface area contributed by atoms with E-state index in [2.05, 4.69) is 39.1 Å². The maximum absolute atomic E-state index is 12.7. The average molecular weight is 446 g/mol. The zero-order valence-electron chi connectivity index (χ0n) is 19.0. The smallest absolute Gasteiger partial charge is 0.311 e. The Morgan fingerprint density at radius 1 is 0.970 bits per heavy atom. The van der Waals surface area contributed by atoms with Crippen LogP contribution >= 0.6 is 0 Å². The maximum atomic E-state index is 12.7. The number of aryl methyl sites for hydroxylation is 1. The van der Waals surface area contributed by atoms with Crippen LogP contribution in [-0.2, 0) is 31.5 Å². The topological polar surface area (TPSA) is 93.0 Å². The van der Waals surface area contributed by atoms with Gasteiger partial charge in [-0.05, 0) is 25.0 Å². The predicted molar refractivity (Wildman–Crippen MR) is 127 cm³/mol. The molecule has 0 unspecified atom stereocenters. The summed E-state index contributed by atoms with van der Waals surface area (Å²) in [5, 5.41) is 0. The van der Waals surface area contributed by atoms with Gasteiger partial charge in [0, 0.05) is 20.1 Å². The van der Waals surface area contributed by atoms with Gasteiger partial charge in [0.2, 0.25) is 0 Å². The van der Waals surface area contributed by atoms with Crippen molar-refractivity contribution >= 4 is 16.9 Å². The number of nitrogens with zero attached hydrogens (tertiary/aromatic N) is 4. The van der Waals surface area contributed by atoms with E-state index in [1.807, 2.05) is 36.4 Å². The molecule has 8 nitrogen and oxygen atoms in total. The normalized spacial score (nSPS) is 12.4. The number of aromatic nitrogens is 4. The van der Waals surface area contributed by atoms with Crippen LogP contribution in [0.15, 0.2) is 70.3 Å². The second-order valence-corrected chi connectivity index (χ2v) is 8.29. The molecule has 0 fully saturated rings. The largest absolute Gasteiger partial charge is 0.329 e. The Balaban J connectivity index is 1.82. The highest BCUT2D eigenvalue weighted by Crippen LogP contribution is 2.21. The molecule has 0 radical (unpaired) electrons. The summed E-state index contributed by atoms with van der Waals surface area (Å²) in [5.74, 6) is 0.465. The van der Waals surface area contributed by atoms with Gasteiger partial charge in [0.1, 0.15) is 5.82 Å². The monoisotopic (exact) mass is 445 g/mol. The molecule has 33 heavy (non-hydrogen) atoms. The number of hydrogen-bond donors (Lipinski definition) is 1. The number of carbonyl (C=O) groups is 1. The average Bonchev–Trinajstić information content (AvgIpc) is 3.18. The van der Waals surface area contributed by atoms with E-state index in [0.717, 1.165) is 11.1 Å². The highest BCUT2D eigenvalue weighted by Gasteiger charge is 2.24. The highest BCUT2D eigenvalue weighted by atomic mass is 16.2. The number of Topliss-reactive ketones (excluding diaryl/α,β-unsaturated/α-hetero) is 1. The van der Waals surface area contributed by atoms with Crippen LogP contribution in [0.1, 0.15) is 36.8 Å². The van der Waals surface area contributed by atoms with Gasteiger partial charge in [-0.25, -0.2) is 9.78 Å². The van der Waals surface area contributed by atoms with Crippen LogP contribution in [0.4, 0.5) is 0 Å². The molecule has 2 aromatic heterocycles. The second kappa shape index (κ2) is 9.38. The molecule has 0 aliphatic rings. The molecule has 0 saturated heterocycles. The molecule has 0 aliphatic carbocycles. The van der Waals surface area contributed by atoms with Crippen molar-refractivity contribution in [3.63, 3.8) is 0 Å². The molecule has 0 spiro atoms. The van der Waals surface area contributed by atoms with Gasteiger partial charge in [-0.1, -0.05) is 60.7 Å².